The zero-order chi connectivity index (χ0) is 13.0. The Labute approximate surface area is 99.8 Å². The number of alkyl halides is 3. The van der Waals surface area contributed by atoms with Crippen LogP contribution in [0.5, 0.6) is 0 Å². The Morgan fingerprint density at radius 3 is 2.00 bits per heavy atom. The molecular formula is C8H19F3O2Si3. The van der Waals surface area contributed by atoms with Crippen LogP contribution in [0.3, 0.4) is 0 Å². The fraction of sp³-hybridized carbons (Fsp3) is 1.00. The van der Waals surface area contributed by atoms with Gasteiger partial charge in [0.05, 0.1) is 0 Å². The predicted molar refractivity (Wildman–Crippen MR) is 64.2 cm³/mol. The Morgan fingerprint density at radius 1 is 1.12 bits per heavy atom. The fourth-order valence-electron chi connectivity index (χ4n) is 1.43. The molecule has 0 heterocycles. The molecule has 96 valence electrons. The van der Waals surface area contributed by atoms with Crippen molar-refractivity contribution in [2.75, 3.05) is 0 Å². The first-order valence-electron chi connectivity index (χ1n) is 5.09. The molecule has 8 heteroatoms. The maximum atomic E-state index is 12.1. The number of halogens is 3. The Kier molecular flexibility index (Phi) is 5.94. The molecule has 0 rings (SSSR count). The van der Waals surface area contributed by atoms with Crippen molar-refractivity contribution in [3.63, 3.8) is 0 Å². The average Bonchev–Trinajstić information content (AvgIpc) is 1.97. The van der Waals surface area contributed by atoms with Crippen molar-refractivity contribution in [3.05, 3.63) is 0 Å². The Bertz CT molecular complexity index is 219. The molecule has 0 aromatic heterocycles. The highest BCUT2D eigenvalue weighted by atomic mass is 28.5. The van der Waals surface area contributed by atoms with Gasteiger partial charge in [-0.2, -0.15) is 13.2 Å². The van der Waals surface area contributed by atoms with E-state index < -0.39 is 29.5 Å². The maximum absolute atomic E-state index is 12.1. The number of rotatable bonds is 6. The molecule has 0 N–H and O–H groups in total. The second-order valence-electron chi connectivity index (χ2n) is 4.68. The summed E-state index contributed by atoms with van der Waals surface area (Å²) in [6, 6.07) is 0.100. The largest absolute Gasteiger partial charge is 0.437 e. The second-order valence-corrected chi connectivity index (χ2v) is 13.5. The molecule has 0 atom stereocenters. The molecule has 0 saturated carbocycles. The summed E-state index contributed by atoms with van der Waals surface area (Å²) in [5.41, 5.74) is 0. The predicted octanol–water partition coefficient (Wildman–Crippen LogP) is 3.55. The highest BCUT2D eigenvalue weighted by Gasteiger charge is 2.37. The molecule has 0 bridgehead atoms. The Balaban J connectivity index is 4.23. The lowest BCUT2D eigenvalue weighted by Crippen LogP contribution is -2.47. The molecule has 0 aromatic carbocycles. The fourth-order valence-corrected chi connectivity index (χ4v) is 10.6. The highest BCUT2D eigenvalue weighted by molar-refractivity contribution is 6.83. The molecule has 0 unspecified atom stereocenters. The zero-order valence-electron chi connectivity index (χ0n) is 10.4. The van der Waals surface area contributed by atoms with E-state index in [0.29, 0.717) is 9.76 Å². The minimum Gasteiger partial charge on any atom is -0.437 e. The summed E-state index contributed by atoms with van der Waals surface area (Å²) >= 11 is 0. The van der Waals surface area contributed by atoms with Crippen LogP contribution in [-0.2, 0) is 8.23 Å². The van der Waals surface area contributed by atoms with Crippen molar-refractivity contribution in [1.82, 2.24) is 0 Å². The summed E-state index contributed by atoms with van der Waals surface area (Å²) in [6.45, 7) is 9.28. The minimum absolute atomic E-state index is 0.100. The van der Waals surface area contributed by atoms with Gasteiger partial charge in [0, 0.05) is 6.42 Å². The van der Waals surface area contributed by atoms with Crippen molar-refractivity contribution < 1.29 is 21.4 Å². The molecule has 0 fully saturated rings. The van der Waals surface area contributed by atoms with Gasteiger partial charge in [-0.25, -0.2) is 0 Å². The van der Waals surface area contributed by atoms with Gasteiger partial charge in [-0.1, -0.05) is 0 Å². The van der Waals surface area contributed by atoms with Crippen LogP contribution in [0.1, 0.15) is 6.42 Å². The third kappa shape index (κ3) is 8.51. The van der Waals surface area contributed by atoms with Crippen molar-refractivity contribution in [3.8, 4) is 0 Å². The van der Waals surface area contributed by atoms with E-state index in [2.05, 4.69) is 0 Å². The molecule has 2 nitrogen and oxygen atoms in total. The third-order valence-electron chi connectivity index (χ3n) is 1.88. The quantitative estimate of drug-likeness (QED) is 0.696. The van der Waals surface area contributed by atoms with Crippen LogP contribution in [0.15, 0.2) is 0 Å². The molecule has 0 aromatic rings. The monoisotopic (exact) mass is 288 g/mol. The topological polar surface area (TPSA) is 18.5 Å². The summed E-state index contributed by atoms with van der Waals surface area (Å²) in [4.78, 5) is 0. The van der Waals surface area contributed by atoms with Crippen LogP contribution in [0, 0.1) is 0 Å². The van der Waals surface area contributed by atoms with Gasteiger partial charge in [0.25, 0.3) is 0 Å². The second kappa shape index (κ2) is 5.80. The van der Waals surface area contributed by atoms with Crippen LogP contribution >= 0.6 is 0 Å². The van der Waals surface area contributed by atoms with Gasteiger partial charge in [-0.15, -0.1) is 0 Å². The van der Waals surface area contributed by atoms with E-state index in [0.717, 1.165) is 0 Å². The highest BCUT2D eigenvalue weighted by Crippen LogP contribution is 2.28. The molecule has 0 spiro atoms. The van der Waals surface area contributed by atoms with Crippen LogP contribution in [0.4, 0.5) is 13.2 Å². The molecule has 0 aliphatic rings. The lowest BCUT2D eigenvalue weighted by molar-refractivity contribution is -0.131. The molecule has 16 heavy (non-hydrogen) atoms. The van der Waals surface area contributed by atoms with Gasteiger partial charge in [0.2, 0.25) is 9.76 Å². The maximum Gasteiger partial charge on any atom is 0.388 e. The lowest BCUT2D eigenvalue weighted by Gasteiger charge is -2.33. The smallest absolute Gasteiger partial charge is 0.388 e. The first-order chi connectivity index (χ1) is 6.97. The van der Waals surface area contributed by atoms with Gasteiger partial charge in [0.15, 0.2) is 8.32 Å². The van der Waals surface area contributed by atoms with Crippen LogP contribution in [0.25, 0.3) is 0 Å². The van der Waals surface area contributed by atoms with Crippen molar-refractivity contribution in [1.29, 1.82) is 0 Å². The van der Waals surface area contributed by atoms with Gasteiger partial charge < -0.3 is 8.23 Å². The summed E-state index contributed by atoms with van der Waals surface area (Å²) < 4.78 is 47.7. The molecule has 0 saturated heterocycles. The molecule has 2 radical (unpaired) electrons. The van der Waals surface area contributed by atoms with E-state index in [4.69, 9.17) is 8.23 Å². The standard InChI is InChI=1S/C8H19F3O2Si3/c1-14-12-16(4,5)13-15(2,3)7-6-8(9,10)11/h6-7H2,1-5H3. The third-order valence-corrected chi connectivity index (χ3v) is 10.3. The van der Waals surface area contributed by atoms with Crippen LogP contribution in [-0.4, -0.2) is 32.8 Å². The molecular weight excluding hydrogens is 269 g/mol. The van der Waals surface area contributed by atoms with Gasteiger partial charge in [-0.3, -0.25) is 0 Å². The van der Waals surface area contributed by atoms with E-state index in [-0.39, 0.29) is 6.04 Å². The van der Waals surface area contributed by atoms with E-state index in [1.165, 1.54) is 0 Å². The van der Waals surface area contributed by atoms with E-state index in [1.54, 1.807) is 0 Å². The SMILES string of the molecule is C[Si]O[Si](C)(C)O[Si](C)(C)CCC(F)(F)F. The van der Waals surface area contributed by atoms with Crippen LogP contribution < -0.4 is 0 Å². The molecule has 0 amide bonds. The van der Waals surface area contributed by atoms with Crippen LogP contribution in [0.2, 0.25) is 38.8 Å². The summed E-state index contributed by atoms with van der Waals surface area (Å²) in [5.74, 6) is 0. The normalized spacial score (nSPS) is 14.2. The van der Waals surface area contributed by atoms with E-state index in [9.17, 15) is 13.2 Å². The van der Waals surface area contributed by atoms with Gasteiger partial charge in [-0.05, 0) is 38.8 Å². The Morgan fingerprint density at radius 2 is 1.62 bits per heavy atom. The van der Waals surface area contributed by atoms with Gasteiger partial charge in [0.1, 0.15) is 0 Å². The van der Waals surface area contributed by atoms with Crippen molar-refractivity contribution >= 4 is 26.6 Å². The van der Waals surface area contributed by atoms with E-state index in [1.807, 2.05) is 32.7 Å². The van der Waals surface area contributed by atoms with Gasteiger partial charge >= 0.3 is 14.7 Å². The summed E-state index contributed by atoms with van der Waals surface area (Å²) in [5, 5.41) is 0. The molecule has 0 aliphatic heterocycles. The van der Waals surface area contributed by atoms with Crippen molar-refractivity contribution in [2.45, 2.75) is 51.4 Å². The Hall–Kier alpha value is 0.361. The minimum atomic E-state index is -4.09. The first kappa shape index (κ1) is 16.4. The number of hydrogen-bond acceptors (Lipinski definition) is 2. The van der Waals surface area contributed by atoms with Crippen molar-refractivity contribution in [2.24, 2.45) is 0 Å². The average molecular weight is 288 g/mol. The zero-order valence-corrected chi connectivity index (χ0v) is 13.4. The lowest BCUT2D eigenvalue weighted by atomic mass is 10.5. The molecule has 0 aliphatic carbocycles. The van der Waals surface area contributed by atoms with E-state index >= 15 is 0 Å². The summed E-state index contributed by atoms with van der Waals surface area (Å²) in [7, 11) is -4.17. The number of hydrogen-bond donors (Lipinski definition) is 0. The first-order valence-corrected chi connectivity index (χ1v) is 12.4. The summed E-state index contributed by atoms with van der Waals surface area (Å²) in [6.07, 6.45) is -4.85.